The predicted octanol–water partition coefficient (Wildman–Crippen LogP) is 1.74. The number of hydrogen-bond donors (Lipinski definition) is 2. The Bertz CT molecular complexity index is 734. The van der Waals surface area contributed by atoms with Gasteiger partial charge in [-0.1, -0.05) is 19.1 Å². The number of primary sulfonamides is 1. The topological polar surface area (TPSA) is 102 Å². The summed E-state index contributed by atoms with van der Waals surface area (Å²) in [7, 11) is -3.91. The minimum atomic E-state index is -3.91. The molecule has 0 atom stereocenters. The van der Waals surface area contributed by atoms with Crippen molar-refractivity contribution in [3.05, 3.63) is 47.9 Å². The number of anilines is 1. The summed E-state index contributed by atoms with van der Waals surface area (Å²) in [5, 5.41) is 7.57. The predicted molar refractivity (Wildman–Crippen MR) is 73.9 cm³/mol. The van der Waals surface area contributed by atoms with Gasteiger partial charge in [0, 0.05) is 6.42 Å². The Morgan fingerprint density at radius 2 is 1.95 bits per heavy atom. The van der Waals surface area contributed by atoms with Gasteiger partial charge in [0.15, 0.2) is 5.76 Å². The molecule has 0 saturated carbocycles. The first-order valence-electron chi connectivity index (χ1n) is 5.93. The number of hydrogen-bond acceptors (Lipinski definition) is 4. The number of carbonyl (C=O) groups excluding carboxylic acids is 1. The largest absolute Gasteiger partial charge is 0.456 e. The molecule has 6 nitrogen and oxygen atoms in total. The van der Waals surface area contributed by atoms with E-state index >= 15 is 0 Å². The zero-order valence-corrected chi connectivity index (χ0v) is 11.6. The Morgan fingerprint density at radius 3 is 2.55 bits per heavy atom. The molecule has 106 valence electrons. The first kappa shape index (κ1) is 14.3. The van der Waals surface area contributed by atoms with Crippen LogP contribution in [0, 0.1) is 0 Å². The number of carbonyl (C=O) groups is 1. The molecule has 0 aliphatic heterocycles. The maximum atomic E-state index is 12.0. The van der Waals surface area contributed by atoms with Crippen LogP contribution in [0.5, 0.6) is 0 Å². The molecule has 0 fully saturated rings. The Kier molecular flexibility index (Phi) is 3.91. The lowest BCUT2D eigenvalue weighted by Gasteiger charge is -2.08. The van der Waals surface area contributed by atoms with E-state index in [1.807, 2.05) is 6.92 Å². The van der Waals surface area contributed by atoms with Gasteiger partial charge < -0.3 is 9.73 Å². The monoisotopic (exact) mass is 294 g/mol. The summed E-state index contributed by atoms with van der Waals surface area (Å²) >= 11 is 0. The molecule has 20 heavy (non-hydrogen) atoms. The van der Waals surface area contributed by atoms with Crippen LogP contribution in [0.15, 0.2) is 45.7 Å². The number of benzene rings is 1. The number of furan rings is 1. The van der Waals surface area contributed by atoms with Gasteiger partial charge in [-0.15, -0.1) is 0 Å². The molecule has 3 N–H and O–H groups in total. The third-order valence-corrected chi connectivity index (χ3v) is 3.64. The van der Waals surface area contributed by atoms with E-state index in [4.69, 9.17) is 9.56 Å². The van der Waals surface area contributed by atoms with E-state index < -0.39 is 15.9 Å². The van der Waals surface area contributed by atoms with Gasteiger partial charge in [-0.3, -0.25) is 4.79 Å². The summed E-state index contributed by atoms with van der Waals surface area (Å²) in [6.45, 7) is 1.90. The lowest BCUT2D eigenvalue weighted by molar-refractivity contribution is 0.0995. The van der Waals surface area contributed by atoms with Crippen LogP contribution in [0.4, 0.5) is 5.69 Å². The average molecular weight is 294 g/mol. The highest BCUT2D eigenvalue weighted by Crippen LogP contribution is 2.20. The highest BCUT2D eigenvalue weighted by Gasteiger charge is 2.17. The fourth-order valence-electron chi connectivity index (χ4n) is 1.69. The summed E-state index contributed by atoms with van der Waals surface area (Å²) in [5.74, 6) is 0.266. The molecule has 0 saturated heterocycles. The number of aryl methyl sites for hydroxylation is 1. The van der Waals surface area contributed by atoms with Gasteiger partial charge in [0.05, 0.1) is 5.69 Å². The molecule has 0 aliphatic rings. The van der Waals surface area contributed by atoms with Crippen molar-refractivity contribution in [2.45, 2.75) is 18.2 Å². The van der Waals surface area contributed by atoms with Gasteiger partial charge in [0.2, 0.25) is 10.0 Å². The number of nitrogens with two attached hydrogens (primary N) is 1. The second-order valence-electron chi connectivity index (χ2n) is 4.11. The second kappa shape index (κ2) is 5.48. The standard InChI is InChI=1S/C13H14N2O4S/c1-2-9-7-8-11(19-9)13(16)15-10-5-3-4-6-12(10)20(14,17)18/h3-8H,2H2,1H3,(H,15,16)(H2,14,17,18). The van der Waals surface area contributed by atoms with Crippen molar-refractivity contribution in [3.8, 4) is 0 Å². The molecule has 0 radical (unpaired) electrons. The first-order chi connectivity index (χ1) is 9.41. The van der Waals surface area contributed by atoms with E-state index in [9.17, 15) is 13.2 Å². The molecular formula is C13H14N2O4S. The first-order valence-corrected chi connectivity index (χ1v) is 7.48. The van der Waals surface area contributed by atoms with E-state index in [-0.39, 0.29) is 16.3 Å². The van der Waals surface area contributed by atoms with Gasteiger partial charge >= 0.3 is 0 Å². The molecule has 0 unspecified atom stereocenters. The van der Waals surface area contributed by atoms with Crippen molar-refractivity contribution in [3.63, 3.8) is 0 Å². The molecule has 2 aromatic rings. The Balaban J connectivity index is 2.29. The zero-order valence-electron chi connectivity index (χ0n) is 10.8. The quantitative estimate of drug-likeness (QED) is 0.896. The average Bonchev–Trinajstić information content (AvgIpc) is 2.87. The minimum absolute atomic E-state index is 0.117. The van der Waals surface area contributed by atoms with Gasteiger partial charge in [-0.2, -0.15) is 0 Å². The number of nitrogens with one attached hydrogen (secondary N) is 1. The van der Waals surface area contributed by atoms with E-state index in [1.165, 1.54) is 24.3 Å². The molecule has 1 aromatic heterocycles. The van der Waals surface area contributed by atoms with Crippen LogP contribution in [0.2, 0.25) is 0 Å². The molecule has 1 amide bonds. The van der Waals surface area contributed by atoms with Crippen LogP contribution in [-0.4, -0.2) is 14.3 Å². The van der Waals surface area contributed by atoms with E-state index in [1.54, 1.807) is 12.1 Å². The fourth-order valence-corrected chi connectivity index (χ4v) is 2.39. The van der Waals surface area contributed by atoms with E-state index in [0.29, 0.717) is 12.2 Å². The van der Waals surface area contributed by atoms with Crippen molar-refractivity contribution >= 4 is 21.6 Å². The number of sulfonamides is 1. The van der Waals surface area contributed by atoms with Crippen LogP contribution >= 0.6 is 0 Å². The molecule has 0 aliphatic carbocycles. The summed E-state index contributed by atoms with van der Waals surface area (Å²) in [6, 6.07) is 9.14. The molecule has 1 heterocycles. The lowest BCUT2D eigenvalue weighted by Crippen LogP contribution is -2.18. The maximum Gasteiger partial charge on any atom is 0.291 e. The van der Waals surface area contributed by atoms with E-state index in [0.717, 1.165) is 0 Å². The van der Waals surface area contributed by atoms with Gasteiger partial charge in [-0.05, 0) is 24.3 Å². The summed E-state index contributed by atoms with van der Waals surface area (Å²) in [5.41, 5.74) is 0.120. The highest BCUT2D eigenvalue weighted by molar-refractivity contribution is 7.89. The zero-order chi connectivity index (χ0) is 14.8. The Hall–Kier alpha value is -2.12. The smallest absolute Gasteiger partial charge is 0.291 e. The third-order valence-electron chi connectivity index (χ3n) is 2.68. The number of amides is 1. The molecule has 7 heteroatoms. The normalized spacial score (nSPS) is 11.3. The summed E-state index contributed by atoms with van der Waals surface area (Å²) in [4.78, 5) is 11.8. The molecular weight excluding hydrogens is 280 g/mol. The van der Waals surface area contributed by atoms with Crippen LogP contribution in [0.3, 0.4) is 0 Å². The lowest BCUT2D eigenvalue weighted by atomic mass is 10.3. The van der Waals surface area contributed by atoms with Gasteiger partial charge in [0.1, 0.15) is 10.7 Å². The van der Waals surface area contributed by atoms with Crippen LogP contribution in [-0.2, 0) is 16.4 Å². The van der Waals surface area contributed by atoms with Gasteiger partial charge in [0.25, 0.3) is 5.91 Å². The Morgan fingerprint density at radius 1 is 1.25 bits per heavy atom. The van der Waals surface area contributed by atoms with Crippen molar-refractivity contribution in [2.75, 3.05) is 5.32 Å². The van der Waals surface area contributed by atoms with Crippen LogP contribution < -0.4 is 10.5 Å². The van der Waals surface area contributed by atoms with Crippen molar-refractivity contribution in [1.29, 1.82) is 0 Å². The third kappa shape index (κ3) is 3.06. The summed E-state index contributed by atoms with van der Waals surface area (Å²) < 4.78 is 28.1. The molecule has 2 rings (SSSR count). The molecule has 1 aromatic carbocycles. The summed E-state index contributed by atoms with van der Waals surface area (Å²) in [6.07, 6.45) is 0.668. The fraction of sp³-hybridized carbons (Fsp3) is 0.154. The highest BCUT2D eigenvalue weighted by atomic mass is 32.2. The van der Waals surface area contributed by atoms with Crippen LogP contribution in [0.1, 0.15) is 23.2 Å². The van der Waals surface area contributed by atoms with Gasteiger partial charge in [-0.25, -0.2) is 13.6 Å². The minimum Gasteiger partial charge on any atom is -0.456 e. The van der Waals surface area contributed by atoms with Crippen molar-refractivity contribution < 1.29 is 17.6 Å². The second-order valence-corrected chi connectivity index (χ2v) is 5.64. The number of rotatable bonds is 4. The molecule has 0 spiro atoms. The Labute approximate surface area is 116 Å². The SMILES string of the molecule is CCc1ccc(C(=O)Nc2ccccc2S(N)(=O)=O)o1. The number of para-hydroxylation sites is 1. The van der Waals surface area contributed by atoms with E-state index in [2.05, 4.69) is 5.32 Å². The van der Waals surface area contributed by atoms with Crippen molar-refractivity contribution in [2.24, 2.45) is 5.14 Å². The maximum absolute atomic E-state index is 12.0. The van der Waals surface area contributed by atoms with Crippen molar-refractivity contribution in [1.82, 2.24) is 0 Å². The molecule has 0 bridgehead atoms. The van der Waals surface area contributed by atoms with Crippen LogP contribution in [0.25, 0.3) is 0 Å².